The molecular weight excluding hydrogens is 212 g/mol. The zero-order chi connectivity index (χ0) is 11.7. The molecule has 2 aliphatic heterocycles. The second kappa shape index (κ2) is 4.87. The van der Waals surface area contributed by atoms with Crippen LogP contribution in [0.15, 0.2) is 0 Å². The van der Waals surface area contributed by atoms with Gasteiger partial charge in [0.25, 0.3) is 0 Å². The number of ether oxygens (including phenoxy) is 1. The van der Waals surface area contributed by atoms with E-state index >= 15 is 0 Å². The predicted octanol–water partition coefficient (Wildman–Crippen LogP) is 1.34. The van der Waals surface area contributed by atoms with Crippen LogP contribution >= 0.6 is 0 Å². The highest BCUT2D eigenvalue weighted by Crippen LogP contribution is 2.58. The molecule has 0 amide bonds. The summed E-state index contributed by atoms with van der Waals surface area (Å²) in [5, 5.41) is 3.49. The number of nitrogens with one attached hydrogen (secondary N) is 1. The summed E-state index contributed by atoms with van der Waals surface area (Å²) in [4.78, 5) is 2.69. The van der Waals surface area contributed by atoms with Crippen molar-refractivity contribution in [3.05, 3.63) is 0 Å². The molecule has 0 aromatic heterocycles. The lowest BCUT2D eigenvalue weighted by molar-refractivity contribution is 0.151. The van der Waals surface area contributed by atoms with Crippen LogP contribution in [0, 0.1) is 17.3 Å². The molecule has 1 saturated carbocycles. The van der Waals surface area contributed by atoms with E-state index in [0.717, 1.165) is 23.9 Å². The average Bonchev–Trinajstić information content (AvgIpc) is 2.78. The Morgan fingerprint density at radius 2 is 2.18 bits per heavy atom. The second-order valence-electron chi connectivity index (χ2n) is 6.38. The molecule has 0 bridgehead atoms. The van der Waals surface area contributed by atoms with Crippen molar-refractivity contribution in [1.29, 1.82) is 0 Å². The Bertz CT molecular complexity index is 263. The molecule has 2 heterocycles. The first-order valence-corrected chi connectivity index (χ1v) is 7.24. The highest BCUT2D eigenvalue weighted by Gasteiger charge is 2.54. The molecule has 3 aliphatic rings. The average molecular weight is 238 g/mol. The van der Waals surface area contributed by atoms with Gasteiger partial charge in [-0.05, 0) is 62.6 Å². The Hall–Kier alpha value is -0.120. The molecule has 2 saturated heterocycles. The zero-order valence-corrected chi connectivity index (χ0v) is 11.1. The smallest absolute Gasteiger partial charge is 0.0503 e. The molecule has 3 heteroatoms. The van der Waals surface area contributed by atoms with Gasteiger partial charge in [0, 0.05) is 20.2 Å². The lowest BCUT2D eigenvalue weighted by Gasteiger charge is -2.25. The van der Waals surface area contributed by atoms with Crippen molar-refractivity contribution in [2.45, 2.75) is 25.7 Å². The summed E-state index contributed by atoms with van der Waals surface area (Å²) in [6.07, 6.45) is 5.69. The Morgan fingerprint density at radius 1 is 1.35 bits per heavy atom. The van der Waals surface area contributed by atoms with E-state index in [1.165, 1.54) is 58.4 Å². The van der Waals surface area contributed by atoms with Crippen LogP contribution in [0.4, 0.5) is 0 Å². The quantitative estimate of drug-likeness (QED) is 0.800. The molecule has 0 aromatic carbocycles. The summed E-state index contributed by atoms with van der Waals surface area (Å²) in [5.41, 5.74) is 0.755. The summed E-state index contributed by atoms with van der Waals surface area (Å²) in [6, 6.07) is 0. The van der Waals surface area contributed by atoms with E-state index in [9.17, 15) is 0 Å². The molecule has 3 nitrogen and oxygen atoms in total. The minimum Gasteiger partial charge on any atom is -0.384 e. The van der Waals surface area contributed by atoms with Gasteiger partial charge in [-0.3, -0.25) is 0 Å². The van der Waals surface area contributed by atoms with Crippen LogP contribution in [0.2, 0.25) is 0 Å². The second-order valence-corrected chi connectivity index (χ2v) is 6.38. The number of likely N-dealkylation sites (tertiary alicyclic amines) is 1. The highest BCUT2D eigenvalue weighted by molar-refractivity contribution is 5.05. The van der Waals surface area contributed by atoms with Crippen LogP contribution in [0.3, 0.4) is 0 Å². The molecule has 0 radical (unpaired) electrons. The van der Waals surface area contributed by atoms with E-state index in [2.05, 4.69) is 10.2 Å². The van der Waals surface area contributed by atoms with Crippen molar-refractivity contribution in [3.63, 3.8) is 0 Å². The number of piperidine rings is 1. The molecule has 3 fully saturated rings. The fraction of sp³-hybridized carbons (Fsp3) is 1.00. The van der Waals surface area contributed by atoms with E-state index in [4.69, 9.17) is 4.74 Å². The molecule has 2 unspecified atom stereocenters. The zero-order valence-electron chi connectivity index (χ0n) is 11.1. The summed E-state index contributed by atoms with van der Waals surface area (Å²) in [7, 11) is 1.83. The van der Waals surface area contributed by atoms with Crippen molar-refractivity contribution in [2.24, 2.45) is 17.3 Å². The summed E-state index contributed by atoms with van der Waals surface area (Å²) < 4.78 is 5.27. The van der Waals surface area contributed by atoms with Crippen LogP contribution in [0.5, 0.6) is 0 Å². The first kappa shape index (κ1) is 11.9. The topological polar surface area (TPSA) is 24.5 Å². The number of rotatable bonds is 4. The Labute approximate surface area is 105 Å². The van der Waals surface area contributed by atoms with Crippen molar-refractivity contribution in [2.75, 3.05) is 46.4 Å². The van der Waals surface area contributed by atoms with Crippen LogP contribution < -0.4 is 5.32 Å². The van der Waals surface area contributed by atoms with Gasteiger partial charge in [-0.2, -0.15) is 0 Å². The van der Waals surface area contributed by atoms with E-state index in [0.29, 0.717) is 0 Å². The van der Waals surface area contributed by atoms with Gasteiger partial charge in [0.15, 0.2) is 0 Å². The minimum atomic E-state index is 0.755. The number of methoxy groups -OCH3 is 1. The normalized spacial score (nSPS) is 36.5. The molecule has 17 heavy (non-hydrogen) atoms. The monoisotopic (exact) mass is 238 g/mol. The molecule has 3 rings (SSSR count). The van der Waals surface area contributed by atoms with Gasteiger partial charge in [0.05, 0.1) is 6.61 Å². The van der Waals surface area contributed by atoms with Gasteiger partial charge in [0.2, 0.25) is 0 Å². The Kier molecular flexibility index (Phi) is 3.42. The largest absolute Gasteiger partial charge is 0.384 e. The maximum atomic E-state index is 5.27. The van der Waals surface area contributed by atoms with Crippen molar-refractivity contribution in [3.8, 4) is 0 Å². The summed E-state index contributed by atoms with van der Waals surface area (Å²) in [5.74, 6) is 1.80. The van der Waals surface area contributed by atoms with E-state index < -0.39 is 0 Å². The molecule has 1 N–H and O–H groups in total. The third-order valence-corrected chi connectivity index (χ3v) is 5.21. The summed E-state index contributed by atoms with van der Waals surface area (Å²) >= 11 is 0. The molecular formula is C14H26N2O. The lowest BCUT2D eigenvalue weighted by Crippen LogP contribution is -2.32. The van der Waals surface area contributed by atoms with E-state index in [1.807, 2.05) is 7.11 Å². The minimum absolute atomic E-state index is 0.755. The fourth-order valence-electron chi connectivity index (χ4n) is 3.99. The Morgan fingerprint density at radius 3 is 2.94 bits per heavy atom. The van der Waals surface area contributed by atoms with Crippen LogP contribution in [-0.2, 0) is 4.74 Å². The van der Waals surface area contributed by atoms with Crippen LogP contribution in [-0.4, -0.2) is 51.3 Å². The van der Waals surface area contributed by atoms with Gasteiger partial charge < -0.3 is 15.0 Å². The molecule has 98 valence electrons. The number of hydrogen-bond acceptors (Lipinski definition) is 3. The van der Waals surface area contributed by atoms with Crippen molar-refractivity contribution < 1.29 is 4.74 Å². The summed E-state index contributed by atoms with van der Waals surface area (Å²) in [6.45, 7) is 7.40. The first-order chi connectivity index (χ1) is 8.32. The maximum Gasteiger partial charge on any atom is 0.0503 e. The third kappa shape index (κ3) is 2.51. The highest BCUT2D eigenvalue weighted by atomic mass is 16.5. The predicted molar refractivity (Wildman–Crippen MR) is 69.1 cm³/mol. The number of nitrogens with zero attached hydrogens (tertiary/aromatic N) is 1. The van der Waals surface area contributed by atoms with Gasteiger partial charge in [0.1, 0.15) is 0 Å². The van der Waals surface area contributed by atoms with Crippen molar-refractivity contribution in [1.82, 2.24) is 10.2 Å². The van der Waals surface area contributed by atoms with Gasteiger partial charge in [-0.15, -0.1) is 0 Å². The molecule has 1 spiro atoms. The van der Waals surface area contributed by atoms with Crippen LogP contribution in [0.25, 0.3) is 0 Å². The van der Waals surface area contributed by atoms with Crippen molar-refractivity contribution >= 4 is 0 Å². The third-order valence-electron chi connectivity index (χ3n) is 5.21. The van der Waals surface area contributed by atoms with Gasteiger partial charge in [-0.25, -0.2) is 0 Å². The maximum absolute atomic E-state index is 5.27. The lowest BCUT2D eigenvalue weighted by atomic mass is 9.92. The molecule has 0 aromatic rings. The standard InChI is InChI=1S/C14H26N2O/c1-17-11-12-2-7-16(9-12)10-13-8-14(13)3-5-15-6-4-14/h12-13,15H,2-11H2,1H3. The van der Waals surface area contributed by atoms with Crippen LogP contribution in [0.1, 0.15) is 25.7 Å². The van der Waals surface area contributed by atoms with Gasteiger partial charge in [-0.1, -0.05) is 0 Å². The Balaban J connectivity index is 1.43. The van der Waals surface area contributed by atoms with E-state index in [-0.39, 0.29) is 0 Å². The molecule has 1 aliphatic carbocycles. The SMILES string of the molecule is COCC1CCN(CC2CC23CCNCC3)C1. The van der Waals surface area contributed by atoms with Gasteiger partial charge >= 0.3 is 0 Å². The first-order valence-electron chi connectivity index (χ1n) is 7.24. The van der Waals surface area contributed by atoms with E-state index in [1.54, 1.807) is 0 Å². The molecule has 2 atom stereocenters. The number of hydrogen-bond donors (Lipinski definition) is 1. The fourth-order valence-corrected chi connectivity index (χ4v) is 3.99.